The van der Waals surface area contributed by atoms with Crippen LogP contribution in [0.4, 0.5) is 0 Å². The molecule has 98 valence electrons. The molecule has 0 aliphatic carbocycles. The number of carbonyl (C=O) groups is 1. The molecule has 0 aliphatic rings. The first-order valence-electron chi connectivity index (χ1n) is 5.85. The summed E-state index contributed by atoms with van der Waals surface area (Å²) >= 11 is 4.96. The van der Waals surface area contributed by atoms with E-state index < -0.39 is 0 Å². The molecule has 3 aromatic rings. The Morgan fingerprint density at radius 3 is 3.11 bits per heavy atom. The van der Waals surface area contributed by atoms with Gasteiger partial charge in [0, 0.05) is 15.5 Å². The summed E-state index contributed by atoms with van der Waals surface area (Å²) in [6.45, 7) is 4.11. The van der Waals surface area contributed by atoms with Gasteiger partial charge in [0.1, 0.15) is 5.52 Å². The minimum atomic E-state index is -0.281. The van der Waals surface area contributed by atoms with E-state index in [1.165, 1.54) is 0 Å². The fraction of sp³-hybridized carbons (Fsp3) is 0.231. The lowest BCUT2D eigenvalue weighted by atomic mass is 10.2. The largest absolute Gasteiger partial charge is 0.462 e. The number of thiophene rings is 1. The number of carbonyl (C=O) groups excluding carboxylic acids is 1. The Morgan fingerprint density at radius 1 is 1.58 bits per heavy atom. The van der Waals surface area contributed by atoms with Gasteiger partial charge in [0.2, 0.25) is 0 Å². The number of pyridine rings is 1. The number of nitrogens with one attached hydrogen (secondary N) is 1. The lowest BCUT2D eigenvalue weighted by Crippen LogP contribution is -2.05. The molecule has 0 aromatic carbocycles. The molecule has 0 unspecified atom stereocenters. The van der Waals surface area contributed by atoms with Crippen LogP contribution in [0.25, 0.3) is 21.3 Å². The minimum Gasteiger partial charge on any atom is -0.462 e. The second-order valence-corrected chi connectivity index (χ2v) is 6.27. The summed E-state index contributed by atoms with van der Waals surface area (Å²) in [5.41, 5.74) is 3.25. The number of rotatable bonds is 2. The summed E-state index contributed by atoms with van der Waals surface area (Å²) in [5, 5.41) is 0. The van der Waals surface area contributed by atoms with E-state index in [0.29, 0.717) is 12.2 Å². The number of halogens is 1. The Labute approximate surface area is 121 Å². The summed E-state index contributed by atoms with van der Waals surface area (Å²) in [4.78, 5) is 20.6. The molecule has 0 atom stereocenters. The van der Waals surface area contributed by atoms with Crippen molar-refractivity contribution in [3.05, 3.63) is 27.2 Å². The van der Waals surface area contributed by atoms with E-state index in [9.17, 15) is 4.79 Å². The number of aryl methyl sites for hydroxylation is 1. The second-order valence-electron chi connectivity index (χ2n) is 4.13. The molecule has 0 fully saturated rings. The van der Waals surface area contributed by atoms with Crippen LogP contribution in [0.1, 0.15) is 22.2 Å². The molecular formula is C13H11BrN2O2S. The van der Waals surface area contributed by atoms with Crippen molar-refractivity contribution in [2.24, 2.45) is 0 Å². The second kappa shape index (κ2) is 4.61. The number of aromatic amines is 1. The molecule has 0 aliphatic heterocycles. The van der Waals surface area contributed by atoms with Crippen LogP contribution < -0.4 is 0 Å². The van der Waals surface area contributed by atoms with Gasteiger partial charge in [0.05, 0.1) is 27.9 Å². The average Bonchev–Trinajstić information content (AvgIpc) is 2.82. The molecule has 0 amide bonds. The predicted molar refractivity (Wildman–Crippen MR) is 79.9 cm³/mol. The molecule has 3 heterocycles. The van der Waals surface area contributed by atoms with Crippen LogP contribution in [0, 0.1) is 6.92 Å². The van der Waals surface area contributed by atoms with Gasteiger partial charge in [-0.1, -0.05) is 0 Å². The molecule has 3 aromatic heterocycles. The van der Waals surface area contributed by atoms with Crippen molar-refractivity contribution in [1.29, 1.82) is 0 Å². The van der Waals surface area contributed by atoms with Crippen LogP contribution in [0.2, 0.25) is 0 Å². The SMILES string of the molecule is CCOC(=O)c1c(C)sc2c1[nH]c1cc(Br)cnc12. The molecule has 4 nitrogen and oxygen atoms in total. The molecule has 6 heteroatoms. The smallest absolute Gasteiger partial charge is 0.341 e. The van der Waals surface area contributed by atoms with E-state index in [1.54, 1.807) is 24.5 Å². The number of nitrogens with zero attached hydrogens (tertiary/aromatic N) is 1. The summed E-state index contributed by atoms with van der Waals surface area (Å²) in [5.74, 6) is -0.281. The van der Waals surface area contributed by atoms with Gasteiger partial charge >= 0.3 is 5.97 Å². The third-order valence-corrected chi connectivity index (χ3v) is 4.44. The molecule has 19 heavy (non-hydrogen) atoms. The number of esters is 1. The van der Waals surface area contributed by atoms with Crippen LogP contribution in [0.3, 0.4) is 0 Å². The van der Waals surface area contributed by atoms with Crippen LogP contribution in [0.15, 0.2) is 16.7 Å². The first kappa shape index (κ1) is 12.6. The number of hydrogen-bond acceptors (Lipinski definition) is 4. The number of ether oxygens (including phenoxy) is 1. The Kier molecular flexibility index (Phi) is 3.06. The van der Waals surface area contributed by atoms with Gasteiger partial charge in [-0.25, -0.2) is 4.79 Å². The van der Waals surface area contributed by atoms with Crippen LogP contribution >= 0.6 is 27.3 Å². The maximum Gasteiger partial charge on any atom is 0.341 e. The number of hydrogen-bond donors (Lipinski definition) is 1. The van der Waals surface area contributed by atoms with Crippen molar-refractivity contribution >= 4 is 54.5 Å². The van der Waals surface area contributed by atoms with E-state index in [1.807, 2.05) is 13.0 Å². The highest BCUT2D eigenvalue weighted by molar-refractivity contribution is 9.10. The lowest BCUT2D eigenvalue weighted by Gasteiger charge is -2.00. The Hall–Kier alpha value is -1.40. The molecule has 0 spiro atoms. The van der Waals surface area contributed by atoms with Crippen molar-refractivity contribution in [3.8, 4) is 0 Å². The third kappa shape index (κ3) is 1.95. The van der Waals surface area contributed by atoms with Crippen LogP contribution in [-0.2, 0) is 4.74 Å². The van der Waals surface area contributed by atoms with Crippen molar-refractivity contribution in [1.82, 2.24) is 9.97 Å². The highest BCUT2D eigenvalue weighted by Crippen LogP contribution is 2.36. The maximum atomic E-state index is 12.0. The third-order valence-electron chi connectivity index (χ3n) is 2.89. The van der Waals surface area contributed by atoms with E-state index in [-0.39, 0.29) is 5.97 Å². The van der Waals surface area contributed by atoms with Gasteiger partial charge in [-0.3, -0.25) is 4.98 Å². The fourth-order valence-corrected chi connectivity index (χ4v) is 3.57. The standard InChI is InChI=1S/C13H11BrN2O2S/c1-3-18-13(17)9-6(2)19-12-10-8(16-11(9)12)4-7(14)5-15-10/h4-5,16H,3H2,1-2H3. The first-order chi connectivity index (χ1) is 9.11. The number of H-pyrrole nitrogens is 1. The van der Waals surface area contributed by atoms with Crippen LogP contribution in [0.5, 0.6) is 0 Å². The molecule has 1 N–H and O–H groups in total. The molecular weight excluding hydrogens is 328 g/mol. The van der Waals surface area contributed by atoms with Crippen molar-refractivity contribution in [3.63, 3.8) is 0 Å². The molecule has 0 saturated heterocycles. The summed E-state index contributed by atoms with van der Waals surface area (Å²) in [7, 11) is 0. The number of fused-ring (bicyclic) bond motifs is 3. The quantitative estimate of drug-likeness (QED) is 0.718. The zero-order chi connectivity index (χ0) is 13.6. The Balaban J connectivity index is 2.30. The molecule has 0 saturated carbocycles. The lowest BCUT2D eigenvalue weighted by molar-refractivity contribution is 0.0528. The first-order valence-corrected chi connectivity index (χ1v) is 7.46. The van der Waals surface area contributed by atoms with Crippen LogP contribution in [-0.4, -0.2) is 22.5 Å². The van der Waals surface area contributed by atoms with E-state index in [0.717, 1.165) is 30.6 Å². The zero-order valence-electron chi connectivity index (χ0n) is 10.4. The average molecular weight is 339 g/mol. The highest BCUT2D eigenvalue weighted by atomic mass is 79.9. The summed E-state index contributed by atoms with van der Waals surface area (Å²) in [6, 6.07) is 1.96. The predicted octanol–water partition coefficient (Wildman–Crippen LogP) is 4.03. The van der Waals surface area contributed by atoms with Gasteiger partial charge in [-0.15, -0.1) is 11.3 Å². The molecule has 3 rings (SSSR count). The minimum absolute atomic E-state index is 0.281. The zero-order valence-corrected chi connectivity index (χ0v) is 12.8. The van der Waals surface area contributed by atoms with Gasteiger partial charge in [-0.2, -0.15) is 0 Å². The van der Waals surface area contributed by atoms with Crippen molar-refractivity contribution in [2.75, 3.05) is 6.61 Å². The Morgan fingerprint density at radius 2 is 2.37 bits per heavy atom. The van der Waals surface area contributed by atoms with Gasteiger partial charge in [0.25, 0.3) is 0 Å². The van der Waals surface area contributed by atoms with Gasteiger partial charge in [-0.05, 0) is 35.8 Å². The Bertz CT molecular complexity index is 791. The van der Waals surface area contributed by atoms with E-state index in [2.05, 4.69) is 25.9 Å². The van der Waals surface area contributed by atoms with Gasteiger partial charge in [0.15, 0.2) is 0 Å². The molecule has 0 radical (unpaired) electrons. The fourth-order valence-electron chi connectivity index (χ4n) is 2.13. The highest BCUT2D eigenvalue weighted by Gasteiger charge is 2.21. The monoisotopic (exact) mass is 338 g/mol. The summed E-state index contributed by atoms with van der Waals surface area (Å²) < 4.78 is 7.02. The van der Waals surface area contributed by atoms with E-state index >= 15 is 0 Å². The topological polar surface area (TPSA) is 55.0 Å². The maximum absolute atomic E-state index is 12.0. The van der Waals surface area contributed by atoms with Gasteiger partial charge < -0.3 is 9.72 Å². The number of aromatic nitrogens is 2. The summed E-state index contributed by atoms with van der Waals surface area (Å²) in [6.07, 6.45) is 1.76. The van der Waals surface area contributed by atoms with E-state index in [4.69, 9.17) is 4.74 Å². The molecule has 0 bridgehead atoms. The van der Waals surface area contributed by atoms with Crippen molar-refractivity contribution < 1.29 is 9.53 Å². The normalized spacial score (nSPS) is 11.3. The van der Waals surface area contributed by atoms with Crippen molar-refractivity contribution in [2.45, 2.75) is 13.8 Å².